The lowest BCUT2D eigenvalue weighted by Crippen LogP contribution is -2.25. The number of nitrogens with one attached hydrogen (secondary N) is 1. The molecule has 1 aromatic carbocycles. The van der Waals surface area contributed by atoms with Gasteiger partial charge in [-0.3, -0.25) is 0 Å². The molecule has 0 spiro atoms. The number of hydrogen-bond acceptors (Lipinski definition) is 5. The fraction of sp³-hybridized carbons (Fsp3) is 0.353. The molecule has 1 aliphatic rings. The number of nitrogens with zero attached hydrogens (tertiary/aromatic N) is 2. The molecule has 0 radical (unpaired) electrons. The van der Waals surface area contributed by atoms with Crippen LogP contribution < -0.4 is 10.2 Å². The fourth-order valence-electron chi connectivity index (χ4n) is 2.88. The molecule has 9 heteroatoms. The van der Waals surface area contributed by atoms with E-state index in [9.17, 15) is 21.6 Å². The van der Waals surface area contributed by atoms with Crippen molar-refractivity contribution in [3.63, 3.8) is 0 Å². The van der Waals surface area contributed by atoms with Crippen LogP contribution in [0.2, 0.25) is 0 Å². The molecule has 0 amide bonds. The maximum absolute atomic E-state index is 14.7. The van der Waals surface area contributed by atoms with Gasteiger partial charge in [-0.15, -0.1) is 0 Å². The standard InChI is InChI=1S/C17H18F3N3O2S/c18-13-15(14(19)17(22-16(13)20)23-9-4-5-10-23)26(24,25)11-8-21-12-6-2-1-3-7-12/h1-3,6-7,21H,4-5,8-11H2. The first-order valence-electron chi connectivity index (χ1n) is 8.21. The summed E-state index contributed by atoms with van der Waals surface area (Å²) in [7, 11) is -4.39. The van der Waals surface area contributed by atoms with Crippen LogP contribution >= 0.6 is 0 Å². The topological polar surface area (TPSA) is 62.3 Å². The van der Waals surface area contributed by atoms with E-state index in [0.717, 1.165) is 12.8 Å². The van der Waals surface area contributed by atoms with Crippen LogP contribution in [0.5, 0.6) is 0 Å². The van der Waals surface area contributed by atoms with Crippen molar-refractivity contribution in [2.24, 2.45) is 0 Å². The molecule has 0 unspecified atom stereocenters. The first kappa shape index (κ1) is 18.5. The Morgan fingerprint density at radius 3 is 2.35 bits per heavy atom. The monoisotopic (exact) mass is 385 g/mol. The molecular formula is C17H18F3N3O2S. The van der Waals surface area contributed by atoms with E-state index in [2.05, 4.69) is 10.3 Å². The molecule has 3 rings (SSSR count). The Morgan fingerprint density at radius 2 is 1.69 bits per heavy atom. The second-order valence-corrected chi connectivity index (χ2v) is 8.04. The molecule has 0 aliphatic carbocycles. The predicted octanol–water partition coefficient (Wildman–Crippen LogP) is 2.98. The van der Waals surface area contributed by atoms with Gasteiger partial charge >= 0.3 is 0 Å². The van der Waals surface area contributed by atoms with Gasteiger partial charge in [0.2, 0.25) is 0 Å². The highest BCUT2D eigenvalue weighted by Crippen LogP contribution is 2.30. The number of benzene rings is 1. The predicted molar refractivity (Wildman–Crippen MR) is 92.5 cm³/mol. The minimum Gasteiger partial charge on any atom is -0.384 e. The summed E-state index contributed by atoms with van der Waals surface area (Å²) < 4.78 is 67.5. The number of hydrogen-bond donors (Lipinski definition) is 1. The molecule has 0 atom stereocenters. The summed E-state index contributed by atoms with van der Waals surface area (Å²) >= 11 is 0. The van der Waals surface area contributed by atoms with Gasteiger partial charge in [0.1, 0.15) is 4.90 Å². The Kier molecular flexibility index (Phi) is 5.36. The van der Waals surface area contributed by atoms with E-state index in [1.807, 2.05) is 0 Å². The van der Waals surface area contributed by atoms with Crippen LogP contribution in [-0.4, -0.2) is 38.8 Å². The van der Waals surface area contributed by atoms with Gasteiger partial charge < -0.3 is 10.2 Å². The van der Waals surface area contributed by atoms with Crippen LogP contribution in [0.4, 0.5) is 24.7 Å². The van der Waals surface area contributed by atoms with Crippen molar-refractivity contribution in [1.82, 2.24) is 4.98 Å². The van der Waals surface area contributed by atoms with E-state index >= 15 is 0 Å². The average molecular weight is 385 g/mol. The summed E-state index contributed by atoms with van der Waals surface area (Å²) in [6.07, 6.45) is 1.51. The van der Waals surface area contributed by atoms with Crippen molar-refractivity contribution in [2.45, 2.75) is 17.7 Å². The SMILES string of the molecule is O=S(=O)(CCNc1ccccc1)c1c(F)c(F)nc(N2CCCC2)c1F. The van der Waals surface area contributed by atoms with Crippen molar-refractivity contribution in [3.05, 3.63) is 47.9 Å². The number of pyridine rings is 1. The highest BCUT2D eigenvalue weighted by molar-refractivity contribution is 7.91. The van der Waals surface area contributed by atoms with Crippen LogP contribution in [0.3, 0.4) is 0 Å². The summed E-state index contributed by atoms with van der Waals surface area (Å²) in [6, 6.07) is 8.77. The molecule has 5 nitrogen and oxygen atoms in total. The number of sulfone groups is 1. The number of para-hydroxylation sites is 1. The fourth-order valence-corrected chi connectivity index (χ4v) is 4.18. The van der Waals surface area contributed by atoms with Crippen molar-refractivity contribution >= 4 is 21.3 Å². The molecule has 1 saturated heterocycles. The lowest BCUT2D eigenvalue weighted by molar-refractivity contribution is 0.432. The minimum atomic E-state index is -4.39. The highest BCUT2D eigenvalue weighted by atomic mass is 32.2. The minimum absolute atomic E-state index is 0.0752. The Balaban J connectivity index is 1.86. The lowest BCUT2D eigenvalue weighted by atomic mass is 10.3. The normalized spacial score (nSPS) is 14.7. The van der Waals surface area contributed by atoms with Crippen molar-refractivity contribution in [3.8, 4) is 0 Å². The Bertz CT molecular complexity index is 886. The highest BCUT2D eigenvalue weighted by Gasteiger charge is 2.32. The number of aromatic nitrogens is 1. The first-order valence-corrected chi connectivity index (χ1v) is 9.86. The van der Waals surface area contributed by atoms with Crippen molar-refractivity contribution < 1.29 is 21.6 Å². The van der Waals surface area contributed by atoms with E-state index in [-0.39, 0.29) is 6.54 Å². The van der Waals surface area contributed by atoms with Gasteiger partial charge in [-0.2, -0.15) is 9.37 Å². The van der Waals surface area contributed by atoms with Crippen LogP contribution in [0.1, 0.15) is 12.8 Å². The number of rotatable bonds is 6. The van der Waals surface area contributed by atoms with Gasteiger partial charge in [-0.1, -0.05) is 18.2 Å². The number of anilines is 2. The third kappa shape index (κ3) is 3.77. The molecule has 26 heavy (non-hydrogen) atoms. The Labute approximate surface area is 149 Å². The van der Waals surface area contributed by atoms with E-state index in [1.54, 1.807) is 30.3 Å². The quantitative estimate of drug-likeness (QED) is 0.775. The van der Waals surface area contributed by atoms with Crippen LogP contribution in [0.25, 0.3) is 0 Å². The van der Waals surface area contributed by atoms with Gasteiger partial charge in [0.15, 0.2) is 27.3 Å². The third-order valence-corrected chi connectivity index (χ3v) is 5.89. The second kappa shape index (κ2) is 7.53. The maximum Gasteiger partial charge on any atom is 0.252 e. The zero-order chi connectivity index (χ0) is 18.7. The maximum atomic E-state index is 14.7. The molecule has 140 valence electrons. The van der Waals surface area contributed by atoms with E-state index in [4.69, 9.17) is 0 Å². The molecule has 1 fully saturated rings. The lowest BCUT2D eigenvalue weighted by Gasteiger charge is -2.19. The second-order valence-electron chi connectivity index (χ2n) is 5.99. The van der Waals surface area contributed by atoms with Gasteiger partial charge in [0, 0.05) is 25.3 Å². The molecule has 2 heterocycles. The van der Waals surface area contributed by atoms with Gasteiger partial charge in [-0.05, 0) is 25.0 Å². The summed E-state index contributed by atoms with van der Waals surface area (Å²) in [6.45, 7) is 0.766. The van der Waals surface area contributed by atoms with Gasteiger partial charge in [0.25, 0.3) is 5.95 Å². The molecule has 2 aromatic rings. The molecule has 1 aromatic heterocycles. The van der Waals surface area contributed by atoms with Gasteiger partial charge in [0.05, 0.1) is 5.75 Å². The van der Waals surface area contributed by atoms with Crippen LogP contribution in [0.15, 0.2) is 35.2 Å². The van der Waals surface area contributed by atoms with E-state index < -0.39 is 43.9 Å². The third-order valence-electron chi connectivity index (χ3n) is 4.17. The van der Waals surface area contributed by atoms with Crippen LogP contribution in [0, 0.1) is 17.6 Å². The largest absolute Gasteiger partial charge is 0.384 e. The molecule has 1 aliphatic heterocycles. The zero-order valence-corrected chi connectivity index (χ0v) is 14.7. The van der Waals surface area contributed by atoms with E-state index in [0.29, 0.717) is 18.8 Å². The smallest absolute Gasteiger partial charge is 0.252 e. The number of halogens is 3. The average Bonchev–Trinajstić information content (AvgIpc) is 3.13. The summed E-state index contributed by atoms with van der Waals surface area (Å²) in [5.41, 5.74) is 0.669. The first-order chi connectivity index (χ1) is 12.4. The summed E-state index contributed by atoms with van der Waals surface area (Å²) in [4.78, 5) is 3.47. The van der Waals surface area contributed by atoms with Crippen LogP contribution in [-0.2, 0) is 9.84 Å². The Morgan fingerprint density at radius 1 is 1.04 bits per heavy atom. The molecular weight excluding hydrogens is 367 g/mol. The van der Waals surface area contributed by atoms with Gasteiger partial charge in [-0.25, -0.2) is 17.2 Å². The molecule has 0 saturated carbocycles. The molecule has 1 N–H and O–H groups in total. The van der Waals surface area contributed by atoms with Crippen molar-refractivity contribution in [1.29, 1.82) is 0 Å². The molecule has 0 bridgehead atoms. The summed E-state index contributed by atoms with van der Waals surface area (Å²) in [5.74, 6) is -5.74. The Hall–Kier alpha value is -2.29. The summed E-state index contributed by atoms with van der Waals surface area (Å²) in [5, 5.41) is 2.85. The van der Waals surface area contributed by atoms with E-state index in [1.165, 1.54) is 4.90 Å². The van der Waals surface area contributed by atoms with Crippen molar-refractivity contribution in [2.75, 3.05) is 35.6 Å². The zero-order valence-electron chi connectivity index (χ0n) is 13.9.